The first kappa shape index (κ1) is 24.7. The predicted molar refractivity (Wildman–Crippen MR) is 146 cm³/mol. The second-order valence-corrected chi connectivity index (χ2v) is 12.0. The average molecular weight is 525 g/mol. The van der Waals surface area contributed by atoms with E-state index in [4.69, 9.17) is 16.0 Å². The van der Waals surface area contributed by atoms with Crippen LogP contribution in [0.3, 0.4) is 0 Å². The molecule has 2 spiro atoms. The van der Waals surface area contributed by atoms with Crippen molar-refractivity contribution in [2.45, 2.75) is 76.7 Å². The molecule has 0 unspecified atom stereocenters. The van der Waals surface area contributed by atoms with Gasteiger partial charge in [0.15, 0.2) is 5.76 Å². The van der Waals surface area contributed by atoms with Crippen LogP contribution in [0.2, 0.25) is 5.02 Å². The summed E-state index contributed by atoms with van der Waals surface area (Å²) >= 11 is 6.77. The molecular formula is C29H37ClN4O3. The number of nitrogens with one attached hydrogen (secondary N) is 2. The number of rotatable bonds is 2. The minimum Gasteiger partial charge on any atom is -0.450 e. The number of amides is 2. The van der Waals surface area contributed by atoms with E-state index >= 15 is 0 Å². The lowest BCUT2D eigenvalue weighted by Crippen LogP contribution is -2.51. The highest BCUT2D eigenvalue weighted by Crippen LogP contribution is 2.50. The highest BCUT2D eigenvalue weighted by atomic mass is 35.5. The summed E-state index contributed by atoms with van der Waals surface area (Å²) in [5, 5.41) is 8.44. The monoisotopic (exact) mass is 524 g/mol. The van der Waals surface area contributed by atoms with Crippen molar-refractivity contribution in [3.05, 3.63) is 40.9 Å². The van der Waals surface area contributed by atoms with E-state index in [0.29, 0.717) is 17.2 Å². The maximum absolute atomic E-state index is 13.8. The average Bonchev–Trinajstić information content (AvgIpc) is 3.32. The largest absolute Gasteiger partial charge is 0.450 e. The van der Waals surface area contributed by atoms with Gasteiger partial charge in [-0.05, 0) is 56.1 Å². The molecule has 0 atom stereocenters. The summed E-state index contributed by atoms with van der Waals surface area (Å²) in [6, 6.07) is 3.77. The van der Waals surface area contributed by atoms with Crippen LogP contribution in [-0.4, -0.2) is 47.8 Å². The molecule has 2 N–H and O–H groups in total. The van der Waals surface area contributed by atoms with Gasteiger partial charge in [0.25, 0.3) is 5.91 Å². The van der Waals surface area contributed by atoms with Gasteiger partial charge in [0.05, 0.1) is 22.1 Å². The van der Waals surface area contributed by atoms with E-state index in [1.54, 1.807) is 0 Å². The first-order valence-corrected chi connectivity index (χ1v) is 14.3. The Balaban J connectivity index is 1.30. The Bertz CT molecular complexity index is 1250. The molecule has 198 valence electrons. The third kappa shape index (κ3) is 4.19. The number of anilines is 1. The highest BCUT2D eigenvalue weighted by Gasteiger charge is 2.44. The number of hydrogen-bond acceptors (Lipinski definition) is 5. The molecule has 2 amide bonds. The summed E-state index contributed by atoms with van der Waals surface area (Å²) in [4.78, 5) is 29.9. The number of halogens is 1. The molecule has 3 fully saturated rings. The molecule has 0 bridgehead atoms. The second-order valence-electron chi connectivity index (χ2n) is 11.6. The number of furan rings is 1. The molecule has 6 rings (SSSR count). The van der Waals surface area contributed by atoms with Crippen molar-refractivity contribution in [3.8, 4) is 0 Å². The van der Waals surface area contributed by atoms with E-state index in [-0.39, 0.29) is 22.8 Å². The third-order valence-electron chi connectivity index (χ3n) is 9.25. The van der Waals surface area contributed by atoms with Gasteiger partial charge in [-0.1, -0.05) is 44.4 Å². The molecule has 4 aliphatic rings. The number of nitrogens with zero attached hydrogens (tertiary/aromatic N) is 2. The summed E-state index contributed by atoms with van der Waals surface area (Å²) < 4.78 is 6.43. The van der Waals surface area contributed by atoms with E-state index in [0.717, 1.165) is 106 Å². The molecule has 2 aromatic rings. The fourth-order valence-corrected chi connectivity index (χ4v) is 7.56. The van der Waals surface area contributed by atoms with Crippen LogP contribution in [0.5, 0.6) is 0 Å². The van der Waals surface area contributed by atoms with Crippen LogP contribution in [0.25, 0.3) is 11.0 Å². The number of carbonyl (C=O) groups is 2. The van der Waals surface area contributed by atoms with E-state index in [9.17, 15) is 9.59 Å². The maximum Gasteiger partial charge on any atom is 0.289 e. The molecule has 3 aliphatic heterocycles. The second kappa shape index (κ2) is 9.26. The molecule has 7 nitrogen and oxygen atoms in total. The van der Waals surface area contributed by atoms with Gasteiger partial charge in [0, 0.05) is 43.5 Å². The number of piperidine rings is 2. The van der Waals surface area contributed by atoms with Gasteiger partial charge in [0.2, 0.25) is 5.91 Å². The van der Waals surface area contributed by atoms with Crippen LogP contribution in [0.4, 0.5) is 5.69 Å². The molecule has 0 radical (unpaired) electrons. The van der Waals surface area contributed by atoms with Gasteiger partial charge < -0.3 is 24.9 Å². The molecule has 1 aromatic carbocycles. The zero-order chi connectivity index (χ0) is 25.8. The lowest BCUT2D eigenvalue weighted by molar-refractivity contribution is -0.133. The van der Waals surface area contributed by atoms with Crippen LogP contribution >= 0.6 is 11.6 Å². The van der Waals surface area contributed by atoms with Gasteiger partial charge in [0.1, 0.15) is 5.58 Å². The fourth-order valence-electron chi connectivity index (χ4n) is 7.30. The van der Waals surface area contributed by atoms with Crippen molar-refractivity contribution in [1.29, 1.82) is 0 Å². The molecule has 37 heavy (non-hydrogen) atoms. The zero-order valence-electron chi connectivity index (χ0n) is 21.8. The van der Waals surface area contributed by atoms with Crippen molar-refractivity contribution in [1.82, 2.24) is 15.1 Å². The van der Waals surface area contributed by atoms with Crippen molar-refractivity contribution in [2.75, 3.05) is 31.5 Å². The lowest BCUT2D eigenvalue weighted by atomic mass is 9.72. The molecule has 8 heteroatoms. The van der Waals surface area contributed by atoms with E-state index < -0.39 is 0 Å². The number of fused-ring (bicyclic) bond motifs is 4. The summed E-state index contributed by atoms with van der Waals surface area (Å²) in [6.45, 7) is 9.11. The van der Waals surface area contributed by atoms with Gasteiger partial charge in [-0.15, -0.1) is 0 Å². The third-order valence-corrected chi connectivity index (χ3v) is 9.55. The van der Waals surface area contributed by atoms with E-state index in [1.165, 1.54) is 6.42 Å². The van der Waals surface area contributed by atoms with Crippen LogP contribution in [0, 0.1) is 5.41 Å². The lowest BCUT2D eigenvalue weighted by Gasteiger charge is -2.47. The fraction of sp³-hybridized carbons (Fsp3) is 0.586. The Labute approximate surface area is 223 Å². The Morgan fingerprint density at radius 1 is 1.03 bits per heavy atom. The summed E-state index contributed by atoms with van der Waals surface area (Å²) in [7, 11) is 0. The van der Waals surface area contributed by atoms with Gasteiger partial charge in [-0.3, -0.25) is 9.59 Å². The predicted octanol–water partition coefficient (Wildman–Crippen LogP) is 5.99. The Kier molecular flexibility index (Phi) is 6.17. The van der Waals surface area contributed by atoms with Crippen molar-refractivity contribution < 1.29 is 14.0 Å². The molecule has 1 aromatic heterocycles. The first-order valence-electron chi connectivity index (χ1n) is 13.9. The minimum absolute atomic E-state index is 0.0500. The minimum atomic E-state index is -0.281. The van der Waals surface area contributed by atoms with Crippen LogP contribution < -0.4 is 10.6 Å². The number of carbonyl (C=O) groups excluding carboxylic acids is 2. The Morgan fingerprint density at radius 3 is 2.51 bits per heavy atom. The van der Waals surface area contributed by atoms with Crippen molar-refractivity contribution in [2.24, 2.45) is 5.41 Å². The number of hydrogen-bond donors (Lipinski definition) is 2. The van der Waals surface area contributed by atoms with E-state index in [2.05, 4.69) is 17.2 Å². The molecule has 2 saturated heterocycles. The number of benzene rings is 1. The molecule has 4 heterocycles. The van der Waals surface area contributed by atoms with Crippen LogP contribution in [0.1, 0.15) is 87.3 Å². The quantitative estimate of drug-likeness (QED) is 0.505. The highest BCUT2D eigenvalue weighted by molar-refractivity contribution is 6.34. The maximum atomic E-state index is 13.8. The topological polar surface area (TPSA) is 77.8 Å². The number of likely N-dealkylation sites (tertiary alicyclic amines) is 2. The van der Waals surface area contributed by atoms with Crippen LogP contribution in [0.15, 0.2) is 28.9 Å². The first-order chi connectivity index (χ1) is 17.8. The SMILES string of the molecule is C=C1Nc2c(Cl)cc3cc(C(=O)N4CCCC5(CCN(C(=O)CC)CC5)C4)oc3c2C2(CCCCC2)N1. The van der Waals surface area contributed by atoms with Crippen LogP contribution in [-0.2, 0) is 10.3 Å². The molecule has 1 saturated carbocycles. The Morgan fingerprint density at radius 2 is 1.78 bits per heavy atom. The summed E-state index contributed by atoms with van der Waals surface area (Å²) in [5.74, 6) is 1.31. The van der Waals surface area contributed by atoms with E-state index in [1.807, 2.05) is 28.9 Å². The zero-order valence-corrected chi connectivity index (χ0v) is 22.5. The van der Waals surface area contributed by atoms with Crippen molar-refractivity contribution >= 4 is 40.1 Å². The normalized spacial score (nSPS) is 22.6. The smallest absolute Gasteiger partial charge is 0.289 e. The Hall–Kier alpha value is -2.67. The summed E-state index contributed by atoms with van der Waals surface area (Å²) in [6.07, 6.45) is 9.97. The summed E-state index contributed by atoms with van der Waals surface area (Å²) in [5.41, 5.74) is 2.43. The van der Waals surface area contributed by atoms with Gasteiger partial charge >= 0.3 is 0 Å². The van der Waals surface area contributed by atoms with Gasteiger partial charge in [-0.25, -0.2) is 0 Å². The standard InChI is InChI=1S/C29H37ClN4O3/c1-3-23(35)33-14-11-28(12-15-33)8-7-13-34(18-28)27(36)22-17-20-16-21(30)25-24(26(20)37-22)29(32-19(2)31-25)9-5-4-6-10-29/h16-17,31-32H,2-15,18H2,1H3. The molecular weight excluding hydrogens is 488 g/mol. The van der Waals surface area contributed by atoms with Crippen molar-refractivity contribution in [3.63, 3.8) is 0 Å². The van der Waals surface area contributed by atoms with Gasteiger partial charge in [-0.2, -0.15) is 0 Å². The molecule has 1 aliphatic carbocycles.